The van der Waals surface area contributed by atoms with Crippen molar-refractivity contribution in [3.05, 3.63) is 0 Å². The lowest BCUT2D eigenvalue weighted by molar-refractivity contribution is -0.277. The summed E-state index contributed by atoms with van der Waals surface area (Å²) in [5, 5.41) is 45.9. The minimum Gasteiger partial charge on any atom is -0.393 e. The standard InChI is InChI=1S/C30H52O5/c1-24(2)19-9-13-27(6)20(26(19,5)12-10-21(24)32)17-18(31)23-28(27,7)15-16-30(23,34)29(8)14-11-22(35-29)25(3,4)33/h18-23,31-34H,9-17H2,1-8H3/t18?,19?,20-,21-,22-,23?,26+,27-,28-,29+,30-/m1/s1. The van der Waals surface area contributed by atoms with Crippen molar-refractivity contribution in [1.82, 2.24) is 0 Å². The number of aliphatic hydroxyl groups excluding tert-OH is 2. The summed E-state index contributed by atoms with van der Waals surface area (Å²) in [6, 6.07) is 0. The van der Waals surface area contributed by atoms with Crippen LogP contribution in [0, 0.1) is 39.4 Å². The molecule has 1 aliphatic heterocycles. The van der Waals surface area contributed by atoms with E-state index in [4.69, 9.17) is 4.74 Å². The predicted molar refractivity (Wildman–Crippen MR) is 137 cm³/mol. The van der Waals surface area contributed by atoms with E-state index in [2.05, 4.69) is 34.6 Å². The molecule has 0 aromatic carbocycles. The number of aliphatic hydroxyl groups is 4. The Kier molecular flexibility index (Phi) is 5.63. The van der Waals surface area contributed by atoms with Gasteiger partial charge < -0.3 is 25.2 Å². The van der Waals surface area contributed by atoms with Crippen LogP contribution in [0.3, 0.4) is 0 Å². The quantitative estimate of drug-likeness (QED) is 0.443. The molecule has 0 spiro atoms. The molecular formula is C30H52O5. The minimum absolute atomic E-state index is 0.00954. The Morgan fingerprint density at radius 2 is 1.43 bits per heavy atom. The highest BCUT2D eigenvalue weighted by molar-refractivity contribution is 5.25. The van der Waals surface area contributed by atoms with Gasteiger partial charge in [0.25, 0.3) is 0 Å². The van der Waals surface area contributed by atoms with Crippen LogP contribution < -0.4 is 0 Å². The Morgan fingerprint density at radius 3 is 2.03 bits per heavy atom. The van der Waals surface area contributed by atoms with Gasteiger partial charge in [-0.1, -0.05) is 34.6 Å². The van der Waals surface area contributed by atoms with Gasteiger partial charge in [0.15, 0.2) is 0 Å². The molecule has 5 heteroatoms. The Labute approximate surface area is 213 Å². The van der Waals surface area contributed by atoms with Crippen molar-refractivity contribution in [3.8, 4) is 0 Å². The second-order valence-electron chi connectivity index (χ2n) is 15.6. The molecule has 4 aliphatic carbocycles. The monoisotopic (exact) mass is 492 g/mol. The maximum Gasteiger partial charge on any atom is 0.0991 e. The fraction of sp³-hybridized carbons (Fsp3) is 1.00. The number of hydrogen-bond donors (Lipinski definition) is 4. The van der Waals surface area contributed by atoms with Crippen LogP contribution in [0.25, 0.3) is 0 Å². The second kappa shape index (κ2) is 7.46. The zero-order valence-corrected chi connectivity index (χ0v) is 23.5. The molecule has 0 aromatic heterocycles. The molecule has 0 amide bonds. The van der Waals surface area contributed by atoms with Crippen LogP contribution in [0.1, 0.15) is 113 Å². The molecule has 5 rings (SSSR count). The number of ether oxygens (including phenoxy) is 1. The Bertz CT molecular complexity index is 865. The summed E-state index contributed by atoms with van der Waals surface area (Å²) in [6.45, 7) is 17.3. The summed E-state index contributed by atoms with van der Waals surface area (Å²) in [5.41, 5.74) is -3.08. The highest BCUT2D eigenvalue weighted by Gasteiger charge is 2.75. The first-order valence-corrected chi connectivity index (χ1v) is 14.4. The maximum absolute atomic E-state index is 12.5. The number of fused-ring (bicyclic) bond motifs is 5. The van der Waals surface area contributed by atoms with E-state index in [0.29, 0.717) is 31.1 Å². The fourth-order valence-electron chi connectivity index (χ4n) is 11.1. The topological polar surface area (TPSA) is 90.2 Å². The lowest BCUT2D eigenvalue weighted by Crippen LogP contribution is -2.69. The predicted octanol–water partition coefficient (Wildman–Crippen LogP) is 4.83. The van der Waals surface area contributed by atoms with Crippen molar-refractivity contribution in [3.63, 3.8) is 0 Å². The lowest BCUT2D eigenvalue weighted by atomic mass is 9.35. The van der Waals surface area contributed by atoms with E-state index in [1.54, 1.807) is 13.8 Å². The first-order valence-electron chi connectivity index (χ1n) is 14.4. The highest BCUT2D eigenvalue weighted by Crippen LogP contribution is 2.76. The van der Waals surface area contributed by atoms with Gasteiger partial charge in [-0.15, -0.1) is 0 Å². The van der Waals surface area contributed by atoms with Gasteiger partial charge in [-0.25, -0.2) is 0 Å². The molecule has 0 bridgehead atoms. The molecular weight excluding hydrogens is 440 g/mol. The zero-order valence-electron chi connectivity index (χ0n) is 23.5. The van der Waals surface area contributed by atoms with Crippen molar-refractivity contribution in [2.75, 3.05) is 0 Å². The van der Waals surface area contributed by atoms with Gasteiger partial charge in [-0.2, -0.15) is 0 Å². The molecule has 0 radical (unpaired) electrons. The minimum atomic E-state index is -1.12. The third-order valence-electron chi connectivity index (χ3n) is 13.4. The first kappa shape index (κ1) is 26.4. The summed E-state index contributed by atoms with van der Waals surface area (Å²) in [7, 11) is 0. The van der Waals surface area contributed by atoms with Crippen molar-refractivity contribution in [1.29, 1.82) is 0 Å². The fourth-order valence-corrected chi connectivity index (χ4v) is 11.1. The number of rotatable bonds is 2. The molecule has 35 heavy (non-hydrogen) atoms. The van der Waals surface area contributed by atoms with Crippen LogP contribution in [0.15, 0.2) is 0 Å². The molecule has 4 N–H and O–H groups in total. The molecule has 0 aromatic rings. The van der Waals surface area contributed by atoms with E-state index in [1.807, 2.05) is 6.92 Å². The van der Waals surface area contributed by atoms with Gasteiger partial charge in [-0.05, 0) is 112 Å². The maximum atomic E-state index is 12.5. The lowest BCUT2D eigenvalue weighted by Gasteiger charge is -2.71. The van der Waals surface area contributed by atoms with Gasteiger partial charge in [0.2, 0.25) is 0 Å². The molecule has 5 fully saturated rings. The Balaban J connectivity index is 1.52. The molecule has 1 heterocycles. The van der Waals surface area contributed by atoms with Crippen LogP contribution >= 0.6 is 0 Å². The van der Waals surface area contributed by atoms with Crippen molar-refractivity contribution >= 4 is 0 Å². The smallest absolute Gasteiger partial charge is 0.0991 e. The third kappa shape index (κ3) is 3.17. The summed E-state index contributed by atoms with van der Waals surface area (Å²) in [6.07, 6.45) is 6.50. The van der Waals surface area contributed by atoms with Gasteiger partial charge in [0.1, 0.15) is 0 Å². The highest BCUT2D eigenvalue weighted by atomic mass is 16.5. The van der Waals surface area contributed by atoms with Crippen LogP contribution in [-0.4, -0.2) is 55.5 Å². The van der Waals surface area contributed by atoms with E-state index in [1.165, 1.54) is 0 Å². The zero-order chi connectivity index (χ0) is 26.0. The van der Waals surface area contributed by atoms with E-state index in [0.717, 1.165) is 38.5 Å². The molecule has 5 nitrogen and oxygen atoms in total. The molecule has 11 atom stereocenters. The first-order chi connectivity index (χ1) is 15.9. The third-order valence-corrected chi connectivity index (χ3v) is 13.4. The normalized spacial score (nSPS) is 57.9. The van der Waals surface area contributed by atoms with E-state index >= 15 is 0 Å². The van der Waals surface area contributed by atoms with Crippen LogP contribution in [0.4, 0.5) is 0 Å². The Morgan fingerprint density at radius 1 is 0.771 bits per heavy atom. The van der Waals surface area contributed by atoms with Crippen LogP contribution in [0.2, 0.25) is 0 Å². The van der Waals surface area contributed by atoms with Crippen molar-refractivity contribution < 1.29 is 25.2 Å². The van der Waals surface area contributed by atoms with E-state index in [9.17, 15) is 20.4 Å². The van der Waals surface area contributed by atoms with E-state index < -0.39 is 22.9 Å². The Hall–Kier alpha value is -0.200. The summed E-state index contributed by atoms with van der Waals surface area (Å²) in [4.78, 5) is 0. The van der Waals surface area contributed by atoms with Crippen molar-refractivity contribution in [2.24, 2.45) is 39.4 Å². The summed E-state index contributed by atoms with van der Waals surface area (Å²) >= 11 is 0. The second-order valence-corrected chi connectivity index (χ2v) is 15.6. The van der Waals surface area contributed by atoms with Crippen LogP contribution in [-0.2, 0) is 4.74 Å². The van der Waals surface area contributed by atoms with Gasteiger partial charge >= 0.3 is 0 Å². The summed E-state index contributed by atoms with van der Waals surface area (Å²) in [5.74, 6) is 0.553. The van der Waals surface area contributed by atoms with Crippen molar-refractivity contribution in [2.45, 2.75) is 148 Å². The molecule has 5 aliphatic rings. The van der Waals surface area contributed by atoms with Crippen LogP contribution in [0.5, 0.6) is 0 Å². The number of hydrogen-bond acceptors (Lipinski definition) is 5. The SMILES string of the molecule is CC(C)(O)[C@H]1CC[C@@](C)([C@@]2(O)CC[C@]3(C)C2C(O)C[C@@H]2[C@@]4(C)CC[C@@H](O)C(C)(C)C4CC[C@]23C)O1. The van der Waals surface area contributed by atoms with Gasteiger partial charge in [0, 0.05) is 5.92 Å². The molecule has 4 saturated carbocycles. The van der Waals surface area contributed by atoms with Gasteiger partial charge in [-0.3, -0.25) is 0 Å². The average Bonchev–Trinajstić information content (AvgIpc) is 3.29. The average molecular weight is 493 g/mol. The largest absolute Gasteiger partial charge is 0.393 e. The van der Waals surface area contributed by atoms with Gasteiger partial charge in [0.05, 0.1) is 35.1 Å². The molecule has 1 saturated heterocycles. The summed E-state index contributed by atoms with van der Waals surface area (Å²) < 4.78 is 6.52. The molecule has 3 unspecified atom stereocenters. The van der Waals surface area contributed by atoms with E-state index in [-0.39, 0.29) is 39.8 Å². The molecule has 202 valence electrons.